The van der Waals surface area contributed by atoms with Crippen molar-refractivity contribution in [3.8, 4) is 0 Å². The highest BCUT2D eigenvalue weighted by molar-refractivity contribution is 6.13. The van der Waals surface area contributed by atoms with E-state index in [-0.39, 0.29) is 0 Å². The smallest absolute Gasteiger partial charge is 0.0891 e. The van der Waals surface area contributed by atoms with Crippen molar-refractivity contribution in [2.45, 2.75) is 12.2 Å². The minimum atomic E-state index is 0.769. The van der Waals surface area contributed by atoms with Gasteiger partial charge in [0.05, 0.1) is 0 Å². The Morgan fingerprint density at radius 2 is 2.29 bits per heavy atom. The van der Waals surface area contributed by atoms with Crippen LogP contribution in [0.1, 0.15) is 6.42 Å². The van der Waals surface area contributed by atoms with Crippen molar-refractivity contribution in [3.05, 3.63) is 24.3 Å². The van der Waals surface area contributed by atoms with Crippen LogP contribution in [0, 0.1) is 0 Å². The molecule has 1 aliphatic rings. The second-order valence-electron chi connectivity index (χ2n) is 2.03. The minimum Gasteiger partial charge on any atom is -0.0891 e. The molecule has 0 fully saturated rings. The highest BCUT2D eigenvalue weighted by Gasteiger charge is 1.93. The van der Waals surface area contributed by atoms with Gasteiger partial charge in [-0.15, -0.1) is 0 Å². The Morgan fingerprint density at radius 3 is 2.57 bits per heavy atom. The van der Waals surface area contributed by atoms with Crippen molar-refractivity contribution in [1.82, 2.24) is 0 Å². The van der Waals surface area contributed by atoms with Crippen LogP contribution in [-0.2, 0) is 0 Å². The first-order valence-corrected chi connectivity index (χ1v) is 2.73. The van der Waals surface area contributed by atoms with Crippen LogP contribution in [0.25, 0.3) is 0 Å². The van der Waals surface area contributed by atoms with Gasteiger partial charge in [-0.3, -0.25) is 0 Å². The average molecular weight is 91.9 g/mol. The predicted octanol–water partition coefficient (Wildman–Crippen LogP) is 0.924. The van der Waals surface area contributed by atoms with E-state index in [0.717, 1.165) is 5.82 Å². The Hall–Kier alpha value is -0.455. The van der Waals surface area contributed by atoms with Crippen molar-refractivity contribution in [3.63, 3.8) is 0 Å². The van der Waals surface area contributed by atoms with Gasteiger partial charge in [-0.25, -0.2) is 0 Å². The van der Waals surface area contributed by atoms with E-state index < -0.39 is 0 Å². The maximum absolute atomic E-state index is 2.22. The second kappa shape index (κ2) is 2.01. The van der Waals surface area contributed by atoms with E-state index >= 15 is 0 Å². The molecule has 0 N–H and O–H groups in total. The van der Waals surface area contributed by atoms with E-state index in [1.807, 2.05) is 0 Å². The van der Waals surface area contributed by atoms with Crippen LogP contribution in [-0.4, -0.2) is 7.85 Å². The maximum Gasteiger partial charge on any atom is 0.110 e. The van der Waals surface area contributed by atoms with Crippen molar-refractivity contribution in [2.24, 2.45) is 0 Å². The van der Waals surface area contributed by atoms with E-state index in [9.17, 15) is 0 Å². The Labute approximate surface area is 45.3 Å². The normalized spacial score (nSPS) is 28.3. The second-order valence-corrected chi connectivity index (χ2v) is 2.03. The largest absolute Gasteiger partial charge is 0.110 e. The summed E-state index contributed by atoms with van der Waals surface area (Å²) in [6, 6.07) is 0. The molecule has 0 heterocycles. The molecule has 1 rings (SSSR count). The van der Waals surface area contributed by atoms with Gasteiger partial charge in [0.1, 0.15) is 7.85 Å². The molecule has 1 aliphatic carbocycles. The molecule has 1 heteroatoms. The summed E-state index contributed by atoms with van der Waals surface area (Å²) in [7, 11) is 2.22. The minimum absolute atomic E-state index is 0.769. The SMILES string of the molecule is BC1C=CC=CC1. The molecule has 0 saturated heterocycles. The number of rotatable bonds is 0. The summed E-state index contributed by atoms with van der Waals surface area (Å²) in [5.74, 6) is 0.769. The van der Waals surface area contributed by atoms with Gasteiger partial charge in [0.15, 0.2) is 0 Å². The molecular weight excluding hydrogens is 82.9 g/mol. The summed E-state index contributed by atoms with van der Waals surface area (Å²) >= 11 is 0. The van der Waals surface area contributed by atoms with Crippen LogP contribution >= 0.6 is 0 Å². The lowest BCUT2D eigenvalue weighted by Crippen LogP contribution is -1.86. The average Bonchev–Trinajstić information content (AvgIpc) is 1.69. The number of hydrogen-bond donors (Lipinski definition) is 0. The number of hydrogen-bond acceptors (Lipinski definition) is 0. The molecule has 0 radical (unpaired) electrons. The molecule has 0 spiro atoms. The molecule has 0 amide bonds. The molecule has 0 aromatic heterocycles. The fourth-order valence-electron chi connectivity index (χ4n) is 0.704. The molecule has 0 saturated carbocycles. The highest BCUT2D eigenvalue weighted by atomic mass is 13.9. The molecule has 0 aromatic rings. The van der Waals surface area contributed by atoms with E-state index in [2.05, 4.69) is 32.2 Å². The first kappa shape index (κ1) is 4.70. The summed E-state index contributed by atoms with van der Waals surface area (Å²) in [6.07, 6.45) is 9.84. The highest BCUT2D eigenvalue weighted by Crippen LogP contribution is 2.11. The third kappa shape index (κ3) is 1.22. The van der Waals surface area contributed by atoms with Gasteiger partial charge >= 0.3 is 0 Å². The van der Waals surface area contributed by atoms with Gasteiger partial charge in [-0.1, -0.05) is 24.3 Å². The van der Waals surface area contributed by atoms with E-state index in [4.69, 9.17) is 0 Å². The molecule has 0 nitrogen and oxygen atoms in total. The molecule has 36 valence electrons. The van der Waals surface area contributed by atoms with Crippen LogP contribution in [0.15, 0.2) is 24.3 Å². The van der Waals surface area contributed by atoms with E-state index in [1.54, 1.807) is 0 Å². The van der Waals surface area contributed by atoms with Crippen LogP contribution in [0.4, 0.5) is 0 Å². The van der Waals surface area contributed by atoms with Crippen molar-refractivity contribution >= 4 is 7.85 Å². The summed E-state index contributed by atoms with van der Waals surface area (Å²) in [6.45, 7) is 0. The standard InChI is InChI=1S/C6H9B/c7-6-4-2-1-3-5-6/h1-4,6H,5,7H2. The van der Waals surface area contributed by atoms with Gasteiger partial charge < -0.3 is 0 Å². The molecule has 0 bridgehead atoms. The van der Waals surface area contributed by atoms with Gasteiger partial charge in [0.25, 0.3) is 0 Å². The Bertz CT molecular complexity index is 103. The van der Waals surface area contributed by atoms with Gasteiger partial charge in [-0.05, 0) is 12.2 Å². The van der Waals surface area contributed by atoms with E-state index in [0.29, 0.717) is 0 Å². The summed E-state index contributed by atoms with van der Waals surface area (Å²) in [5, 5.41) is 0. The number of allylic oxidation sites excluding steroid dienone is 4. The monoisotopic (exact) mass is 92.1 g/mol. The van der Waals surface area contributed by atoms with Crippen molar-refractivity contribution in [2.75, 3.05) is 0 Å². The summed E-state index contributed by atoms with van der Waals surface area (Å²) < 4.78 is 0. The third-order valence-electron chi connectivity index (χ3n) is 1.19. The van der Waals surface area contributed by atoms with Gasteiger partial charge in [-0.2, -0.15) is 0 Å². The lowest BCUT2D eigenvalue weighted by molar-refractivity contribution is 1.03. The maximum atomic E-state index is 2.22. The molecule has 1 atom stereocenters. The van der Waals surface area contributed by atoms with Crippen LogP contribution in [0.5, 0.6) is 0 Å². The third-order valence-corrected chi connectivity index (χ3v) is 1.19. The zero-order valence-electron chi connectivity index (χ0n) is 4.59. The lowest BCUT2D eigenvalue weighted by atomic mass is 9.82. The Morgan fingerprint density at radius 1 is 1.43 bits per heavy atom. The van der Waals surface area contributed by atoms with Crippen LogP contribution in [0.3, 0.4) is 0 Å². The molecular formula is C6H9B. The Kier molecular flexibility index (Phi) is 1.35. The molecule has 1 unspecified atom stereocenters. The fourth-order valence-corrected chi connectivity index (χ4v) is 0.704. The zero-order valence-corrected chi connectivity index (χ0v) is 4.59. The lowest BCUT2D eigenvalue weighted by Gasteiger charge is -2.02. The zero-order chi connectivity index (χ0) is 5.11. The van der Waals surface area contributed by atoms with Gasteiger partial charge in [0, 0.05) is 0 Å². The van der Waals surface area contributed by atoms with Gasteiger partial charge in [0.2, 0.25) is 0 Å². The van der Waals surface area contributed by atoms with Crippen molar-refractivity contribution in [1.29, 1.82) is 0 Å². The van der Waals surface area contributed by atoms with Crippen LogP contribution in [0.2, 0.25) is 5.82 Å². The molecule has 0 aliphatic heterocycles. The first-order valence-electron chi connectivity index (χ1n) is 2.73. The molecule has 0 aromatic carbocycles. The van der Waals surface area contributed by atoms with Crippen LogP contribution < -0.4 is 0 Å². The Balaban J connectivity index is 2.49. The summed E-state index contributed by atoms with van der Waals surface area (Å²) in [4.78, 5) is 0. The van der Waals surface area contributed by atoms with Crippen molar-refractivity contribution < 1.29 is 0 Å². The topological polar surface area (TPSA) is 0 Å². The van der Waals surface area contributed by atoms with E-state index in [1.165, 1.54) is 6.42 Å². The fraction of sp³-hybridized carbons (Fsp3) is 0.333. The molecule has 7 heavy (non-hydrogen) atoms. The first-order chi connectivity index (χ1) is 3.39. The summed E-state index contributed by atoms with van der Waals surface area (Å²) in [5.41, 5.74) is 0. The quantitative estimate of drug-likeness (QED) is 0.390. The predicted molar refractivity (Wildman–Crippen MR) is 35.2 cm³/mol.